The van der Waals surface area contributed by atoms with Gasteiger partial charge in [0.05, 0.1) is 12.1 Å². The Bertz CT molecular complexity index is 1270. The molecule has 0 aliphatic heterocycles. The highest BCUT2D eigenvalue weighted by Gasteiger charge is 2.18. The minimum atomic E-state index is -0.116. The number of aromatic nitrogens is 4. The maximum atomic E-state index is 12.7. The van der Waals surface area contributed by atoms with Crippen molar-refractivity contribution in [2.45, 2.75) is 41.0 Å². The molecule has 0 aliphatic carbocycles. The minimum Gasteiger partial charge on any atom is -0.457 e. The summed E-state index contributed by atoms with van der Waals surface area (Å²) in [5.74, 6) is 1.88. The normalized spacial score (nSPS) is 10.8. The first kappa shape index (κ1) is 22.2. The van der Waals surface area contributed by atoms with E-state index in [1.54, 1.807) is 4.68 Å². The first-order valence-electron chi connectivity index (χ1n) is 10.8. The number of aryl methyl sites for hydroxylation is 4. The van der Waals surface area contributed by atoms with Crippen LogP contribution in [0.3, 0.4) is 0 Å². The zero-order valence-electron chi connectivity index (χ0n) is 19.5. The molecule has 0 radical (unpaired) electrons. The van der Waals surface area contributed by atoms with E-state index in [0.29, 0.717) is 17.4 Å². The van der Waals surface area contributed by atoms with Crippen LogP contribution in [0.2, 0.25) is 0 Å². The number of anilines is 1. The molecule has 4 aromatic rings. The molecule has 0 bridgehead atoms. The van der Waals surface area contributed by atoms with Gasteiger partial charge >= 0.3 is 0 Å². The lowest BCUT2D eigenvalue weighted by atomic mass is 10.1. The largest absolute Gasteiger partial charge is 0.457 e. The van der Waals surface area contributed by atoms with Crippen LogP contribution in [0.1, 0.15) is 33.9 Å². The van der Waals surface area contributed by atoms with Crippen LogP contribution in [0.5, 0.6) is 11.5 Å². The zero-order chi connectivity index (χ0) is 23.5. The van der Waals surface area contributed by atoms with Gasteiger partial charge in [-0.2, -0.15) is 5.10 Å². The summed E-state index contributed by atoms with van der Waals surface area (Å²) in [6.07, 6.45) is 0.212. The van der Waals surface area contributed by atoms with E-state index in [0.717, 1.165) is 34.1 Å². The molecule has 4 rings (SSSR count). The predicted octanol–water partition coefficient (Wildman–Crippen LogP) is 5.18. The van der Waals surface area contributed by atoms with Crippen LogP contribution in [0, 0.1) is 34.6 Å². The molecular formula is C26H27N5O2. The Hall–Kier alpha value is -4.00. The van der Waals surface area contributed by atoms with E-state index in [-0.39, 0.29) is 12.3 Å². The summed E-state index contributed by atoms with van der Waals surface area (Å²) in [6.45, 7) is 9.71. The average molecular weight is 442 g/mol. The molecule has 7 nitrogen and oxygen atoms in total. The van der Waals surface area contributed by atoms with Crippen molar-refractivity contribution in [1.29, 1.82) is 0 Å². The topological polar surface area (TPSA) is 81.9 Å². The molecule has 1 N–H and O–H groups in total. The molecule has 0 aliphatic rings. The van der Waals surface area contributed by atoms with Crippen LogP contribution in [-0.4, -0.2) is 25.7 Å². The quantitative estimate of drug-likeness (QED) is 0.446. The maximum Gasteiger partial charge on any atom is 0.251 e. The van der Waals surface area contributed by atoms with Gasteiger partial charge in [-0.3, -0.25) is 4.79 Å². The molecule has 2 aromatic heterocycles. The number of hydrogen-bond acceptors (Lipinski definition) is 5. The number of nitrogens with one attached hydrogen (secondary N) is 1. The van der Waals surface area contributed by atoms with E-state index in [1.807, 2.05) is 89.2 Å². The number of carbonyl (C=O) groups is 1. The SMILES string of the molecule is Cc1ccc(Oc2ccc(NC(=O)Cc3c(C)nn(-c4nc(C)cc(C)n4)c3C)cc2)cc1. The van der Waals surface area contributed by atoms with Gasteiger partial charge in [0.1, 0.15) is 11.5 Å². The average Bonchev–Trinajstić information content (AvgIpc) is 3.04. The lowest BCUT2D eigenvalue weighted by molar-refractivity contribution is -0.115. The van der Waals surface area contributed by atoms with E-state index in [2.05, 4.69) is 20.4 Å². The van der Waals surface area contributed by atoms with Crippen LogP contribution in [0.25, 0.3) is 5.95 Å². The molecule has 168 valence electrons. The molecular weight excluding hydrogens is 414 g/mol. The van der Waals surface area contributed by atoms with E-state index in [4.69, 9.17) is 4.74 Å². The van der Waals surface area contributed by atoms with Crippen molar-refractivity contribution in [3.8, 4) is 17.4 Å². The van der Waals surface area contributed by atoms with Gasteiger partial charge in [-0.1, -0.05) is 17.7 Å². The summed E-state index contributed by atoms with van der Waals surface area (Å²) < 4.78 is 7.55. The molecule has 0 saturated carbocycles. The predicted molar refractivity (Wildman–Crippen MR) is 128 cm³/mol. The van der Waals surface area contributed by atoms with Crippen LogP contribution >= 0.6 is 0 Å². The lowest BCUT2D eigenvalue weighted by Gasteiger charge is -2.09. The summed E-state index contributed by atoms with van der Waals surface area (Å²) in [5, 5.41) is 7.52. The first-order chi connectivity index (χ1) is 15.8. The van der Waals surface area contributed by atoms with Crippen molar-refractivity contribution >= 4 is 11.6 Å². The molecule has 2 aromatic carbocycles. The number of nitrogens with zero attached hydrogens (tertiary/aromatic N) is 4. The molecule has 0 fully saturated rings. The molecule has 0 unspecified atom stereocenters. The molecule has 7 heteroatoms. The standard InChI is InChI=1S/C26H27N5O2/c1-16-6-10-22(11-7-16)33-23-12-8-21(9-13-23)29-25(32)15-24-19(4)30-31(20(24)5)26-27-17(2)14-18(3)28-26/h6-14H,15H2,1-5H3,(H,29,32). The van der Waals surface area contributed by atoms with Crippen molar-refractivity contribution in [1.82, 2.24) is 19.7 Å². The number of hydrogen-bond donors (Lipinski definition) is 1. The summed E-state index contributed by atoms with van der Waals surface area (Å²) >= 11 is 0. The van der Waals surface area contributed by atoms with Crippen molar-refractivity contribution in [3.63, 3.8) is 0 Å². The monoisotopic (exact) mass is 441 g/mol. The fraction of sp³-hybridized carbons (Fsp3) is 0.231. The second-order valence-electron chi connectivity index (χ2n) is 8.18. The van der Waals surface area contributed by atoms with Gasteiger partial charge in [-0.25, -0.2) is 14.6 Å². The number of carbonyl (C=O) groups excluding carboxylic acids is 1. The Kier molecular flexibility index (Phi) is 6.22. The van der Waals surface area contributed by atoms with Crippen LogP contribution < -0.4 is 10.1 Å². The Morgan fingerprint density at radius 2 is 1.45 bits per heavy atom. The van der Waals surface area contributed by atoms with Crippen LogP contribution in [-0.2, 0) is 11.2 Å². The van der Waals surface area contributed by atoms with Crippen molar-refractivity contribution in [2.24, 2.45) is 0 Å². The minimum absolute atomic E-state index is 0.116. The Morgan fingerprint density at radius 1 is 0.879 bits per heavy atom. The molecule has 1 amide bonds. The molecule has 2 heterocycles. The van der Waals surface area contributed by atoms with Crippen LogP contribution in [0.15, 0.2) is 54.6 Å². The fourth-order valence-corrected chi connectivity index (χ4v) is 3.64. The third-order valence-corrected chi connectivity index (χ3v) is 5.33. The Morgan fingerprint density at radius 3 is 2.06 bits per heavy atom. The lowest BCUT2D eigenvalue weighted by Crippen LogP contribution is -2.15. The van der Waals surface area contributed by atoms with Gasteiger partial charge in [0.15, 0.2) is 0 Å². The highest BCUT2D eigenvalue weighted by atomic mass is 16.5. The van der Waals surface area contributed by atoms with Gasteiger partial charge < -0.3 is 10.1 Å². The smallest absolute Gasteiger partial charge is 0.251 e. The third-order valence-electron chi connectivity index (χ3n) is 5.33. The first-order valence-corrected chi connectivity index (χ1v) is 10.8. The number of rotatable bonds is 6. The van der Waals surface area contributed by atoms with Crippen molar-refractivity contribution in [2.75, 3.05) is 5.32 Å². The van der Waals surface area contributed by atoms with Gasteiger partial charge in [0, 0.05) is 28.3 Å². The van der Waals surface area contributed by atoms with Gasteiger partial charge in [-0.05, 0) is 77.1 Å². The van der Waals surface area contributed by atoms with E-state index in [1.165, 1.54) is 5.56 Å². The fourth-order valence-electron chi connectivity index (χ4n) is 3.64. The van der Waals surface area contributed by atoms with E-state index >= 15 is 0 Å². The highest BCUT2D eigenvalue weighted by molar-refractivity contribution is 5.92. The van der Waals surface area contributed by atoms with Crippen molar-refractivity contribution < 1.29 is 9.53 Å². The Balaban J connectivity index is 1.43. The Labute approximate surface area is 193 Å². The van der Waals surface area contributed by atoms with E-state index < -0.39 is 0 Å². The summed E-state index contributed by atoms with van der Waals surface area (Å²) in [4.78, 5) is 21.7. The highest BCUT2D eigenvalue weighted by Crippen LogP contribution is 2.24. The second-order valence-corrected chi connectivity index (χ2v) is 8.18. The summed E-state index contributed by atoms with van der Waals surface area (Å²) in [6, 6.07) is 17.1. The maximum absolute atomic E-state index is 12.7. The van der Waals surface area contributed by atoms with E-state index in [9.17, 15) is 4.79 Å². The molecule has 0 saturated heterocycles. The summed E-state index contributed by atoms with van der Waals surface area (Å²) in [5.41, 5.74) is 6.14. The summed E-state index contributed by atoms with van der Waals surface area (Å²) in [7, 11) is 0. The molecule has 0 spiro atoms. The zero-order valence-corrected chi connectivity index (χ0v) is 19.5. The molecule has 33 heavy (non-hydrogen) atoms. The number of ether oxygens (including phenoxy) is 1. The second kappa shape index (κ2) is 9.24. The third kappa shape index (κ3) is 5.26. The number of benzene rings is 2. The van der Waals surface area contributed by atoms with Crippen molar-refractivity contribution in [3.05, 3.63) is 88.5 Å². The van der Waals surface area contributed by atoms with Gasteiger partial charge in [-0.15, -0.1) is 0 Å². The number of amides is 1. The molecule has 0 atom stereocenters. The van der Waals surface area contributed by atoms with Gasteiger partial charge in [0.25, 0.3) is 5.95 Å². The van der Waals surface area contributed by atoms with Gasteiger partial charge in [0.2, 0.25) is 5.91 Å². The van der Waals surface area contributed by atoms with Crippen LogP contribution in [0.4, 0.5) is 5.69 Å².